The molecule has 0 saturated carbocycles. The maximum absolute atomic E-state index is 12.6. The Kier molecular flexibility index (Phi) is 9.08. The van der Waals surface area contributed by atoms with E-state index in [1.807, 2.05) is 44.2 Å². The Balaban J connectivity index is 1.55. The van der Waals surface area contributed by atoms with Crippen molar-refractivity contribution >= 4 is 34.8 Å². The van der Waals surface area contributed by atoms with Crippen molar-refractivity contribution in [3.8, 4) is 6.07 Å². The number of rotatable bonds is 8. The summed E-state index contributed by atoms with van der Waals surface area (Å²) in [7, 11) is 0. The maximum atomic E-state index is 12.6. The van der Waals surface area contributed by atoms with Crippen molar-refractivity contribution in [1.82, 2.24) is 19.8 Å². The van der Waals surface area contributed by atoms with Crippen LogP contribution in [-0.2, 0) is 5.60 Å². The molecule has 3 aromatic rings. The molecule has 1 aromatic heterocycles. The van der Waals surface area contributed by atoms with Crippen molar-refractivity contribution in [2.24, 2.45) is 0 Å². The Labute approximate surface area is 239 Å². The van der Waals surface area contributed by atoms with Crippen LogP contribution < -0.4 is 4.90 Å². The highest BCUT2D eigenvalue weighted by molar-refractivity contribution is 6.33. The van der Waals surface area contributed by atoms with E-state index in [0.717, 1.165) is 11.3 Å². The van der Waals surface area contributed by atoms with E-state index in [1.54, 1.807) is 24.0 Å². The molecule has 2 aromatic carbocycles. The summed E-state index contributed by atoms with van der Waals surface area (Å²) in [6, 6.07) is 15.1. The summed E-state index contributed by atoms with van der Waals surface area (Å²) in [4.78, 5) is 27.4. The smallest absolute Gasteiger partial charge is 0.274 e. The third kappa shape index (κ3) is 6.51. The van der Waals surface area contributed by atoms with Gasteiger partial charge in [-0.2, -0.15) is 5.26 Å². The van der Waals surface area contributed by atoms with Crippen molar-refractivity contribution in [2.75, 3.05) is 44.2 Å². The lowest BCUT2D eigenvalue weighted by Crippen LogP contribution is -2.52. The molecule has 39 heavy (non-hydrogen) atoms. The number of aliphatic hydroxyl groups is 1. The molecule has 10 heteroatoms. The number of halogens is 2. The van der Waals surface area contributed by atoms with Gasteiger partial charge >= 0.3 is 0 Å². The van der Waals surface area contributed by atoms with Crippen molar-refractivity contribution in [3.05, 3.63) is 87.4 Å². The molecule has 1 N–H and O–H groups in total. The molecule has 2 heterocycles. The summed E-state index contributed by atoms with van der Waals surface area (Å²) in [5.41, 5.74) is 1.79. The number of hydrogen-bond acceptors (Lipinski definition) is 7. The first-order chi connectivity index (χ1) is 18.7. The minimum atomic E-state index is -1.29. The second kappa shape index (κ2) is 12.3. The van der Waals surface area contributed by atoms with Crippen molar-refractivity contribution in [3.63, 3.8) is 0 Å². The molecule has 1 saturated heterocycles. The summed E-state index contributed by atoms with van der Waals surface area (Å²) in [6.45, 7) is 8.98. The molecule has 1 amide bonds. The number of carbonyl (C=O) groups excluding carboxylic acids is 1. The highest BCUT2D eigenvalue weighted by Crippen LogP contribution is 2.36. The molecule has 0 radical (unpaired) electrons. The van der Waals surface area contributed by atoms with Gasteiger partial charge in [-0.1, -0.05) is 35.3 Å². The van der Waals surface area contributed by atoms with Crippen LogP contribution in [0.2, 0.25) is 10.0 Å². The normalized spacial score (nSPS) is 17.4. The number of β-amino-alcohol motifs (C(OH)–C–C–N with tert-alkyl or cyclic N) is 1. The Bertz CT molecular complexity index is 1340. The predicted octanol–water partition coefficient (Wildman–Crippen LogP) is 4.91. The molecule has 204 valence electrons. The number of anilines is 1. The molecule has 0 spiro atoms. The first-order valence-electron chi connectivity index (χ1n) is 12.9. The molecular weight excluding hydrogens is 535 g/mol. The van der Waals surface area contributed by atoms with Gasteiger partial charge in [0.2, 0.25) is 0 Å². The molecule has 1 aliphatic heterocycles. The van der Waals surface area contributed by atoms with E-state index in [9.17, 15) is 15.2 Å². The van der Waals surface area contributed by atoms with Gasteiger partial charge in [-0.05, 0) is 56.7 Å². The summed E-state index contributed by atoms with van der Waals surface area (Å²) < 4.78 is 0. The number of nitriles is 1. The number of benzene rings is 2. The molecule has 0 unspecified atom stereocenters. The lowest BCUT2D eigenvalue weighted by Gasteiger charge is -2.45. The van der Waals surface area contributed by atoms with Gasteiger partial charge in [0.05, 0.1) is 46.5 Å². The van der Waals surface area contributed by atoms with Crippen LogP contribution in [0.4, 0.5) is 5.69 Å². The van der Waals surface area contributed by atoms with Gasteiger partial charge in [-0.15, -0.1) is 0 Å². The van der Waals surface area contributed by atoms with E-state index in [0.29, 0.717) is 60.6 Å². The first-order valence-corrected chi connectivity index (χ1v) is 13.7. The van der Waals surface area contributed by atoms with E-state index in [1.165, 1.54) is 12.4 Å². The summed E-state index contributed by atoms with van der Waals surface area (Å²) in [6.07, 6.45) is 2.92. The molecule has 1 fully saturated rings. The van der Waals surface area contributed by atoms with E-state index in [2.05, 4.69) is 25.8 Å². The van der Waals surface area contributed by atoms with Crippen molar-refractivity contribution in [1.29, 1.82) is 5.26 Å². The Hall–Kier alpha value is -3.22. The SMILES string of the molecule is CCN(CC)C(=O)c1cnc([C@](C)(O)CN2CCN(c3ccc(C#N)cc3Cl)[C@H](c3ccc(Cl)cc3)C2)cn1. The Morgan fingerprint density at radius 3 is 2.44 bits per heavy atom. The molecule has 0 aliphatic carbocycles. The molecule has 2 atom stereocenters. The van der Waals surface area contributed by atoms with Crippen LogP contribution in [0.1, 0.15) is 54.1 Å². The van der Waals surface area contributed by atoms with Gasteiger partial charge in [0, 0.05) is 44.3 Å². The van der Waals surface area contributed by atoms with Crippen LogP contribution in [0.15, 0.2) is 54.9 Å². The molecule has 8 nitrogen and oxygen atoms in total. The highest BCUT2D eigenvalue weighted by Gasteiger charge is 2.35. The summed E-state index contributed by atoms with van der Waals surface area (Å²) >= 11 is 12.8. The fourth-order valence-corrected chi connectivity index (χ4v) is 5.37. The van der Waals surface area contributed by atoms with Crippen molar-refractivity contribution < 1.29 is 9.90 Å². The average molecular weight is 568 g/mol. The lowest BCUT2D eigenvalue weighted by molar-refractivity contribution is 0.00639. The monoisotopic (exact) mass is 566 g/mol. The summed E-state index contributed by atoms with van der Waals surface area (Å²) in [5.74, 6) is -0.179. The second-order valence-corrected chi connectivity index (χ2v) is 10.7. The van der Waals surface area contributed by atoms with E-state index >= 15 is 0 Å². The van der Waals surface area contributed by atoms with Crippen LogP contribution in [0.5, 0.6) is 0 Å². The van der Waals surface area contributed by atoms with Crippen LogP contribution in [-0.4, -0.2) is 70.1 Å². The zero-order valence-electron chi connectivity index (χ0n) is 22.3. The number of aromatic nitrogens is 2. The predicted molar refractivity (Wildman–Crippen MR) is 153 cm³/mol. The van der Waals surface area contributed by atoms with E-state index in [4.69, 9.17) is 23.2 Å². The quantitative estimate of drug-likeness (QED) is 0.413. The summed E-state index contributed by atoms with van der Waals surface area (Å²) in [5, 5.41) is 21.8. The molecule has 0 bridgehead atoms. The number of hydrogen-bond donors (Lipinski definition) is 1. The largest absolute Gasteiger partial charge is 0.382 e. The van der Waals surface area contributed by atoms with Crippen LogP contribution in [0.25, 0.3) is 0 Å². The molecular formula is C29H32Cl2N6O2. The highest BCUT2D eigenvalue weighted by atomic mass is 35.5. The standard InChI is InChI=1S/C29H32Cl2N6O2/c1-4-36(5-2)28(38)24-16-34-27(17-33-24)29(3,39)19-35-12-13-37(25-11-6-20(15-32)14-23(25)31)26(18-35)21-7-9-22(30)10-8-21/h6-11,14,16-17,26,39H,4-5,12-13,18-19H2,1-3H3/t26-,29+/m0/s1. The molecule has 4 rings (SSSR count). The van der Waals surface area contributed by atoms with Gasteiger partial charge in [0.25, 0.3) is 5.91 Å². The zero-order valence-corrected chi connectivity index (χ0v) is 23.8. The van der Waals surface area contributed by atoms with Crippen LogP contribution in [0, 0.1) is 11.3 Å². The van der Waals surface area contributed by atoms with Gasteiger partial charge in [0.1, 0.15) is 11.3 Å². The number of piperazine rings is 1. The number of nitrogens with zero attached hydrogens (tertiary/aromatic N) is 6. The lowest BCUT2D eigenvalue weighted by atomic mass is 9.97. The van der Waals surface area contributed by atoms with Crippen LogP contribution >= 0.6 is 23.2 Å². The van der Waals surface area contributed by atoms with Crippen LogP contribution in [0.3, 0.4) is 0 Å². The van der Waals surface area contributed by atoms with E-state index < -0.39 is 5.60 Å². The minimum absolute atomic E-state index is 0.0718. The third-order valence-electron chi connectivity index (χ3n) is 7.11. The zero-order chi connectivity index (χ0) is 28.2. The average Bonchev–Trinajstić information content (AvgIpc) is 2.94. The van der Waals surface area contributed by atoms with Gasteiger partial charge in [-0.25, -0.2) is 4.98 Å². The second-order valence-electron chi connectivity index (χ2n) is 9.81. The number of amides is 1. The Morgan fingerprint density at radius 2 is 1.85 bits per heavy atom. The fraction of sp³-hybridized carbons (Fsp3) is 0.379. The van der Waals surface area contributed by atoms with E-state index in [-0.39, 0.29) is 17.6 Å². The third-order valence-corrected chi connectivity index (χ3v) is 7.67. The fourth-order valence-electron chi connectivity index (χ4n) is 4.96. The van der Waals surface area contributed by atoms with Gasteiger partial charge in [0.15, 0.2) is 0 Å². The van der Waals surface area contributed by atoms with Gasteiger partial charge in [-0.3, -0.25) is 14.7 Å². The maximum Gasteiger partial charge on any atom is 0.274 e. The molecule has 1 aliphatic rings. The van der Waals surface area contributed by atoms with Gasteiger partial charge < -0.3 is 14.9 Å². The minimum Gasteiger partial charge on any atom is -0.382 e. The van der Waals surface area contributed by atoms with Crippen molar-refractivity contribution in [2.45, 2.75) is 32.4 Å². The Morgan fingerprint density at radius 1 is 1.13 bits per heavy atom. The topological polar surface area (TPSA) is 96.6 Å². The first kappa shape index (κ1) is 28.8. The number of carbonyl (C=O) groups is 1.